The standard InChI is InChI=1S/C27H21ClN4O3S/c1-17-13-18(3-7-22(17)28)19-4-8-24(25(15-19)35-2)32-23-9-6-21(14-20(23)5-10-27(32)33)36(34)31-26-16-29-11-12-30-26/h3-16H,1-2H3,(H,30,31). The Bertz CT molecular complexity index is 1670. The van der Waals surface area contributed by atoms with E-state index in [4.69, 9.17) is 16.3 Å². The van der Waals surface area contributed by atoms with Crippen molar-refractivity contribution in [1.82, 2.24) is 14.5 Å². The number of aromatic nitrogens is 3. The van der Waals surface area contributed by atoms with Gasteiger partial charge in [0.1, 0.15) is 5.75 Å². The number of nitrogens with zero attached hydrogens (tertiary/aromatic N) is 3. The van der Waals surface area contributed by atoms with E-state index in [1.807, 2.05) is 43.3 Å². The maximum atomic E-state index is 13.0. The lowest BCUT2D eigenvalue weighted by atomic mass is 10.0. The largest absolute Gasteiger partial charge is 0.495 e. The predicted octanol–water partition coefficient (Wildman–Crippen LogP) is 5.55. The molecule has 0 aliphatic carbocycles. The molecular formula is C27H21ClN4O3S. The minimum absolute atomic E-state index is 0.206. The number of hydrogen-bond acceptors (Lipinski definition) is 5. The zero-order valence-corrected chi connectivity index (χ0v) is 21.0. The first kappa shape index (κ1) is 23.7. The van der Waals surface area contributed by atoms with Crippen molar-refractivity contribution in [3.8, 4) is 22.6 Å². The van der Waals surface area contributed by atoms with Crippen molar-refractivity contribution in [3.63, 3.8) is 0 Å². The number of pyridine rings is 1. The molecule has 2 heterocycles. The first-order valence-electron chi connectivity index (χ1n) is 11.0. The van der Waals surface area contributed by atoms with Crippen LogP contribution in [0.3, 0.4) is 0 Å². The fourth-order valence-electron chi connectivity index (χ4n) is 3.96. The topological polar surface area (TPSA) is 86.1 Å². The molecule has 0 fully saturated rings. The number of ether oxygens (including phenoxy) is 1. The van der Waals surface area contributed by atoms with Crippen LogP contribution in [0, 0.1) is 6.92 Å². The number of fused-ring (bicyclic) bond motifs is 1. The van der Waals surface area contributed by atoms with E-state index in [2.05, 4.69) is 14.7 Å². The van der Waals surface area contributed by atoms with Crippen molar-refractivity contribution < 1.29 is 8.95 Å². The number of anilines is 1. The van der Waals surface area contributed by atoms with Gasteiger partial charge in [-0.3, -0.25) is 19.1 Å². The fraction of sp³-hybridized carbons (Fsp3) is 0.0741. The summed E-state index contributed by atoms with van der Waals surface area (Å²) in [6.07, 6.45) is 4.56. The van der Waals surface area contributed by atoms with Gasteiger partial charge in [-0.05, 0) is 72.1 Å². The van der Waals surface area contributed by atoms with Gasteiger partial charge in [-0.2, -0.15) is 0 Å². The first-order valence-corrected chi connectivity index (χ1v) is 12.5. The van der Waals surface area contributed by atoms with Gasteiger partial charge >= 0.3 is 0 Å². The van der Waals surface area contributed by atoms with Gasteiger partial charge in [0.25, 0.3) is 5.56 Å². The third-order valence-electron chi connectivity index (χ3n) is 5.75. The predicted molar refractivity (Wildman–Crippen MR) is 143 cm³/mol. The second kappa shape index (κ2) is 9.93. The van der Waals surface area contributed by atoms with Crippen LogP contribution in [0.1, 0.15) is 5.56 Å². The molecule has 2 aromatic heterocycles. The van der Waals surface area contributed by atoms with E-state index >= 15 is 0 Å². The van der Waals surface area contributed by atoms with Gasteiger partial charge in [0.15, 0.2) is 16.8 Å². The van der Waals surface area contributed by atoms with Crippen LogP contribution in [-0.4, -0.2) is 25.9 Å². The number of nitrogens with one attached hydrogen (secondary N) is 1. The summed E-state index contributed by atoms with van der Waals surface area (Å²) in [4.78, 5) is 21.6. The molecule has 1 unspecified atom stereocenters. The van der Waals surface area contributed by atoms with E-state index in [0.29, 0.717) is 32.7 Å². The molecule has 1 atom stereocenters. The van der Waals surface area contributed by atoms with Crippen molar-refractivity contribution in [1.29, 1.82) is 0 Å². The molecule has 0 amide bonds. The van der Waals surface area contributed by atoms with Gasteiger partial charge in [-0.15, -0.1) is 0 Å². The van der Waals surface area contributed by atoms with Crippen LogP contribution in [0.25, 0.3) is 27.7 Å². The van der Waals surface area contributed by atoms with Gasteiger partial charge in [0.05, 0.1) is 29.4 Å². The summed E-state index contributed by atoms with van der Waals surface area (Å²) in [5, 5.41) is 1.46. The highest BCUT2D eigenvalue weighted by Crippen LogP contribution is 2.32. The zero-order valence-electron chi connectivity index (χ0n) is 19.4. The Morgan fingerprint density at radius 3 is 2.53 bits per heavy atom. The molecule has 5 rings (SSSR count). The molecule has 0 aliphatic heterocycles. The van der Waals surface area contributed by atoms with Crippen LogP contribution in [-0.2, 0) is 11.0 Å². The molecule has 0 bridgehead atoms. The van der Waals surface area contributed by atoms with Crippen molar-refractivity contribution in [2.75, 3.05) is 11.8 Å². The van der Waals surface area contributed by atoms with Gasteiger partial charge in [0.2, 0.25) is 0 Å². The molecule has 0 radical (unpaired) electrons. The molecule has 1 N–H and O–H groups in total. The second-order valence-electron chi connectivity index (χ2n) is 8.04. The van der Waals surface area contributed by atoms with E-state index in [1.54, 1.807) is 42.1 Å². The highest BCUT2D eigenvalue weighted by Gasteiger charge is 2.14. The Hall–Kier alpha value is -4.01. The van der Waals surface area contributed by atoms with Crippen LogP contribution in [0.5, 0.6) is 5.75 Å². The Morgan fingerprint density at radius 1 is 0.972 bits per heavy atom. The van der Waals surface area contributed by atoms with Crippen LogP contribution in [0.15, 0.2) is 95.0 Å². The Balaban J connectivity index is 1.56. The number of halogens is 1. The fourth-order valence-corrected chi connectivity index (χ4v) is 4.92. The van der Waals surface area contributed by atoms with E-state index in [-0.39, 0.29) is 5.56 Å². The smallest absolute Gasteiger partial charge is 0.255 e. The van der Waals surface area contributed by atoms with Gasteiger partial charge < -0.3 is 4.74 Å². The summed E-state index contributed by atoms with van der Waals surface area (Å²) in [5.41, 5.74) is 3.98. The molecule has 9 heteroatoms. The van der Waals surface area contributed by atoms with Gasteiger partial charge in [0, 0.05) is 28.9 Å². The number of methoxy groups -OCH3 is 1. The summed E-state index contributed by atoms with van der Waals surface area (Å²) in [5.74, 6) is 0.952. The number of hydrogen-bond donors (Lipinski definition) is 1. The quantitative estimate of drug-likeness (QED) is 0.319. The zero-order chi connectivity index (χ0) is 25.2. The van der Waals surface area contributed by atoms with Crippen molar-refractivity contribution in [3.05, 3.63) is 106 Å². The lowest BCUT2D eigenvalue weighted by Crippen LogP contribution is -2.18. The Morgan fingerprint density at radius 2 is 1.78 bits per heavy atom. The normalized spacial score (nSPS) is 11.9. The molecule has 0 aliphatic rings. The SMILES string of the molecule is COc1cc(-c2ccc(Cl)c(C)c2)ccc1-n1c(=O)ccc2cc(S(=O)Nc3cnccn3)ccc21. The van der Waals surface area contributed by atoms with Gasteiger partial charge in [-0.1, -0.05) is 23.7 Å². The van der Waals surface area contributed by atoms with Crippen LogP contribution in [0.4, 0.5) is 5.82 Å². The second-order valence-corrected chi connectivity index (χ2v) is 9.66. The average molecular weight is 517 g/mol. The summed E-state index contributed by atoms with van der Waals surface area (Å²) < 4.78 is 22.9. The maximum absolute atomic E-state index is 13.0. The molecule has 3 aromatic carbocycles. The van der Waals surface area contributed by atoms with Crippen LogP contribution < -0.4 is 15.0 Å². The first-order chi connectivity index (χ1) is 17.4. The summed E-state index contributed by atoms with van der Waals surface area (Å²) >= 11 is 6.18. The van der Waals surface area contributed by atoms with Crippen molar-refractivity contribution in [2.24, 2.45) is 0 Å². The third-order valence-corrected chi connectivity index (χ3v) is 7.25. The van der Waals surface area contributed by atoms with Crippen molar-refractivity contribution in [2.45, 2.75) is 11.8 Å². The van der Waals surface area contributed by atoms with Crippen LogP contribution >= 0.6 is 11.6 Å². The Labute approximate surface area is 215 Å². The van der Waals surface area contributed by atoms with E-state index in [9.17, 15) is 9.00 Å². The molecular weight excluding hydrogens is 496 g/mol. The minimum Gasteiger partial charge on any atom is -0.495 e. The Kier molecular flexibility index (Phi) is 6.54. The highest BCUT2D eigenvalue weighted by molar-refractivity contribution is 7.86. The number of benzene rings is 3. The third kappa shape index (κ3) is 4.60. The molecule has 7 nitrogen and oxygen atoms in total. The van der Waals surface area contributed by atoms with E-state index in [0.717, 1.165) is 22.1 Å². The van der Waals surface area contributed by atoms with E-state index in [1.165, 1.54) is 18.5 Å². The highest BCUT2D eigenvalue weighted by atomic mass is 35.5. The molecule has 180 valence electrons. The molecule has 5 aromatic rings. The van der Waals surface area contributed by atoms with Gasteiger partial charge in [-0.25, -0.2) is 9.19 Å². The summed E-state index contributed by atoms with van der Waals surface area (Å²) in [6, 6.07) is 20.0. The lowest BCUT2D eigenvalue weighted by molar-refractivity contribution is 0.413. The number of rotatable bonds is 6. The van der Waals surface area contributed by atoms with Crippen molar-refractivity contribution >= 4 is 39.3 Å². The maximum Gasteiger partial charge on any atom is 0.255 e. The number of aryl methyl sites for hydroxylation is 1. The minimum atomic E-state index is -1.55. The molecule has 36 heavy (non-hydrogen) atoms. The molecule has 0 spiro atoms. The average Bonchev–Trinajstić information content (AvgIpc) is 2.90. The van der Waals surface area contributed by atoms with Crippen LogP contribution in [0.2, 0.25) is 5.02 Å². The van der Waals surface area contributed by atoms with E-state index < -0.39 is 11.0 Å². The molecule has 0 saturated carbocycles. The summed E-state index contributed by atoms with van der Waals surface area (Å²) in [7, 11) is 0.0198. The monoisotopic (exact) mass is 516 g/mol. The molecule has 0 saturated heterocycles. The summed E-state index contributed by atoms with van der Waals surface area (Å²) in [6.45, 7) is 1.96. The lowest BCUT2D eigenvalue weighted by Gasteiger charge is -2.16.